The van der Waals surface area contributed by atoms with E-state index >= 15 is 0 Å². The number of hydrogen-bond donors (Lipinski definition) is 8. The first-order valence-corrected chi connectivity index (χ1v) is 17.5. The maximum atomic E-state index is 12.1. The first kappa shape index (κ1) is 36.6. The highest BCUT2D eigenvalue weighted by molar-refractivity contribution is 5.23. The van der Waals surface area contributed by atoms with Gasteiger partial charge in [-0.3, -0.25) is 0 Å². The standard InChI is InChI=1S/C36H62O10/c1-31(2,43)12-9-13-36(8,44)19-10-15-34(6)25(19)20(38)16-23-33(5)14-11-24(39)32(3,4)29(33)21(17-35(23,34)7)45-30-28(42)27(41)26(40)22(18-37)46-30/h9,13,19-30,37-44H,10-12,14-18H2,1-8H3/b13-9+/t19-,20+,21-,22+,23+,24-,25-,26+,27+,28+,29-,30+,33+,34+,35+,36-/m0/s1. The van der Waals surface area contributed by atoms with Crippen LogP contribution in [-0.4, -0.2) is 108 Å². The molecule has 0 unspecified atom stereocenters. The minimum absolute atomic E-state index is 0.0807. The molecule has 1 heterocycles. The van der Waals surface area contributed by atoms with Crippen LogP contribution in [0.4, 0.5) is 0 Å². The molecule has 1 saturated heterocycles. The molecule has 0 amide bonds. The summed E-state index contributed by atoms with van der Waals surface area (Å²) in [4.78, 5) is 0. The lowest BCUT2D eigenvalue weighted by Gasteiger charge is -2.72. The van der Waals surface area contributed by atoms with Crippen molar-refractivity contribution in [3.05, 3.63) is 12.2 Å². The Morgan fingerprint density at radius 3 is 2.13 bits per heavy atom. The van der Waals surface area contributed by atoms with Gasteiger partial charge in [-0.05, 0) is 111 Å². The molecule has 46 heavy (non-hydrogen) atoms. The van der Waals surface area contributed by atoms with Crippen molar-refractivity contribution in [3.8, 4) is 0 Å². The van der Waals surface area contributed by atoms with Gasteiger partial charge in [-0.25, -0.2) is 0 Å². The molecule has 266 valence electrons. The molecule has 0 aromatic heterocycles. The van der Waals surface area contributed by atoms with Gasteiger partial charge < -0.3 is 50.3 Å². The summed E-state index contributed by atoms with van der Waals surface area (Å²) in [5.41, 5.74) is -3.80. The maximum Gasteiger partial charge on any atom is 0.186 e. The van der Waals surface area contributed by atoms with Crippen LogP contribution in [-0.2, 0) is 9.47 Å². The van der Waals surface area contributed by atoms with Crippen LogP contribution in [0.2, 0.25) is 0 Å². The van der Waals surface area contributed by atoms with Gasteiger partial charge in [0.15, 0.2) is 6.29 Å². The monoisotopic (exact) mass is 654 g/mol. The Kier molecular flexibility index (Phi) is 9.55. The van der Waals surface area contributed by atoms with E-state index in [1.807, 2.05) is 6.08 Å². The molecule has 8 N–H and O–H groups in total. The average molecular weight is 655 g/mol. The molecule has 0 radical (unpaired) electrons. The second kappa shape index (κ2) is 12.0. The minimum atomic E-state index is -1.56. The van der Waals surface area contributed by atoms with Crippen LogP contribution in [0.1, 0.15) is 100 Å². The number of rotatable bonds is 7. The fourth-order valence-corrected chi connectivity index (χ4v) is 11.7. The fraction of sp³-hybridized carbons (Fsp3) is 0.944. The number of ether oxygens (including phenoxy) is 2. The summed E-state index contributed by atoms with van der Waals surface area (Å²) < 4.78 is 12.6. The average Bonchev–Trinajstić information content (AvgIpc) is 3.32. The molecule has 0 aromatic rings. The number of aliphatic hydroxyl groups is 8. The van der Waals surface area contributed by atoms with Crippen LogP contribution >= 0.6 is 0 Å². The summed E-state index contributed by atoms with van der Waals surface area (Å²) in [7, 11) is 0. The van der Waals surface area contributed by atoms with Gasteiger partial charge in [0.25, 0.3) is 0 Å². The third kappa shape index (κ3) is 5.64. The lowest BCUT2D eigenvalue weighted by molar-refractivity contribution is -0.346. The fourth-order valence-electron chi connectivity index (χ4n) is 11.7. The molecule has 0 spiro atoms. The molecule has 4 aliphatic carbocycles. The molecule has 0 bridgehead atoms. The molecule has 0 aromatic carbocycles. The van der Waals surface area contributed by atoms with E-state index in [-0.39, 0.29) is 39.9 Å². The van der Waals surface area contributed by atoms with Crippen molar-refractivity contribution >= 4 is 0 Å². The van der Waals surface area contributed by atoms with Crippen molar-refractivity contribution in [2.24, 2.45) is 45.3 Å². The minimum Gasteiger partial charge on any atom is -0.394 e. The Morgan fingerprint density at radius 2 is 1.52 bits per heavy atom. The Balaban J connectivity index is 1.54. The van der Waals surface area contributed by atoms with Crippen molar-refractivity contribution < 1.29 is 50.3 Å². The zero-order chi connectivity index (χ0) is 34.4. The molecular weight excluding hydrogens is 592 g/mol. The van der Waals surface area contributed by atoms with E-state index in [9.17, 15) is 40.9 Å². The summed E-state index contributed by atoms with van der Waals surface area (Å²) in [5.74, 6) is -0.516. The van der Waals surface area contributed by atoms with Crippen molar-refractivity contribution in [2.45, 2.75) is 161 Å². The van der Waals surface area contributed by atoms with Crippen molar-refractivity contribution in [3.63, 3.8) is 0 Å². The Bertz CT molecular complexity index is 1130. The van der Waals surface area contributed by atoms with E-state index in [0.29, 0.717) is 25.7 Å². The maximum absolute atomic E-state index is 12.1. The highest BCUT2D eigenvalue weighted by Gasteiger charge is 2.73. The van der Waals surface area contributed by atoms with E-state index in [1.54, 1.807) is 26.8 Å². The second-order valence-electron chi connectivity index (χ2n) is 17.9. The molecular formula is C36H62O10. The van der Waals surface area contributed by atoms with E-state index in [0.717, 1.165) is 19.3 Å². The van der Waals surface area contributed by atoms with E-state index in [1.165, 1.54) is 0 Å². The normalized spacial score (nSPS) is 52.1. The van der Waals surface area contributed by atoms with E-state index < -0.39 is 72.2 Å². The third-order valence-corrected chi connectivity index (χ3v) is 14.2. The highest BCUT2D eigenvalue weighted by Crippen LogP contribution is 2.76. The highest BCUT2D eigenvalue weighted by atomic mass is 16.7. The second-order valence-corrected chi connectivity index (χ2v) is 17.9. The first-order valence-electron chi connectivity index (χ1n) is 17.5. The summed E-state index contributed by atoms with van der Waals surface area (Å²) >= 11 is 0. The lowest BCUT2D eigenvalue weighted by atomic mass is 9.34. The van der Waals surface area contributed by atoms with Crippen molar-refractivity contribution in [1.82, 2.24) is 0 Å². The van der Waals surface area contributed by atoms with Crippen molar-refractivity contribution in [1.29, 1.82) is 0 Å². The van der Waals surface area contributed by atoms with Gasteiger partial charge in [0.1, 0.15) is 24.4 Å². The largest absolute Gasteiger partial charge is 0.394 e. The molecule has 10 nitrogen and oxygen atoms in total. The summed E-state index contributed by atoms with van der Waals surface area (Å²) in [6.07, 6.45) is -0.744. The van der Waals surface area contributed by atoms with Gasteiger partial charge in [0.05, 0.1) is 36.1 Å². The predicted molar refractivity (Wildman–Crippen MR) is 171 cm³/mol. The van der Waals surface area contributed by atoms with Gasteiger partial charge in [0.2, 0.25) is 0 Å². The lowest BCUT2D eigenvalue weighted by Crippen LogP contribution is -2.71. The van der Waals surface area contributed by atoms with Crippen LogP contribution in [0.5, 0.6) is 0 Å². The van der Waals surface area contributed by atoms with Crippen LogP contribution in [0, 0.1) is 45.3 Å². The molecule has 5 rings (SSSR count). The number of fused-ring (bicyclic) bond motifs is 5. The molecule has 5 fully saturated rings. The Morgan fingerprint density at radius 1 is 0.870 bits per heavy atom. The molecule has 4 saturated carbocycles. The van der Waals surface area contributed by atoms with Gasteiger partial charge >= 0.3 is 0 Å². The van der Waals surface area contributed by atoms with E-state index in [4.69, 9.17) is 9.47 Å². The summed E-state index contributed by atoms with van der Waals surface area (Å²) in [6.45, 7) is 15.6. The first-order chi connectivity index (χ1) is 21.0. The zero-order valence-corrected chi connectivity index (χ0v) is 29.1. The molecule has 5 aliphatic rings. The quantitative estimate of drug-likeness (QED) is 0.150. The van der Waals surface area contributed by atoms with E-state index in [2.05, 4.69) is 34.6 Å². The zero-order valence-electron chi connectivity index (χ0n) is 29.1. The topological polar surface area (TPSA) is 180 Å². The van der Waals surface area contributed by atoms with Crippen molar-refractivity contribution in [2.75, 3.05) is 6.61 Å². The summed E-state index contributed by atoms with van der Waals surface area (Å²) in [6, 6.07) is 0. The van der Waals surface area contributed by atoms with Crippen LogP contribution in [0.25, 0.3) is 0 Å². The molecule has 1 aliphatic heterocycles. The Labute approximate surface area is 274 Å². The van der Waals surface area contributed by atoms with Gasteiger partial charge in [-0.2, -0.15) is 0 Å². The SMILES string of the molecule is CC(C)(O)C/C=C/[C@](C)(O)[C@H]1CC[C@]2(C)[C@@H]1[C@H](O)C[C@@H]1[C@@]3(C)CC[C@H](O)C(C)(C)[C@@H]3[C@@H](O[C@@H]3O[C@H](CO)[C@@H](O)[C@@H](O)[C@H]3O)C[C@]12C. The molecule has 16 atom stereocenters. The smallest absolute Gasteiger partial charge is 0.186 e. The Hall–Kier alpha value is -0.660. The molecule has 10 heteroatoms. The van der Waals surface area contributed by atoms with Gasteiger partial charge in [-0.1, -0.05) is 46.8 Å². The third-order valence-electron chi connectivity index (χ3n) is 14.2. The number of hydrogen-bond acceptors (Lipinski definition) is 10. The summed E-state index contributed by atoms with van der Waals surface area (Å²) in [5, 5.41) is 87.3. The van der Waals surface area contributed by atoms with Gasteiger partial charge in [-0.15, -0.1) is 0 Å². The van der Waals surface area contributed by atoms with Gasteiger partial charge in [0, 0.05) is 0 Å². The van der Waals surface area contributed by atoms with Crippen LogP contribution < -0.4 is 0 Å². The predicted octanol–water partition coefficient (Wildman–Crippen LogP) is 2.27. The van der Waals surface area contributed by atoms with Crippen LogP contribution in [0.3, 0.4) is 0 Å². The number of aliphatic hydroxyl groups excluding tert-OH is 6. The van der Waals surface area contributed by atoms with Crippen LogP contribution in [0.15, 0.2) is 12.2 Å².